The van der Waals surface area contributed by atoms with Gasteiger partial charge in [0.25, 0.3) is 0 Å². The first-order valence-corrected chi connectivity index (χ1v) is 7.61. The number of carbonyl (C=O) groups excluding carboxylic acids is 2. The van der Waals surface area contributed by atoms with Gasteiger partial charge in [-0.1, -0.05) is 38.5 Å². The lowest BCUT2D eigenvalue weighted by Crippen LogP contribution is -2.23. The average molecular weight is 281 g/mol. The van der Waals surface area contributed by atoms with E-state index in [1.165, 1.54) is 0 Å². The second kappa shape index (κ2) is 5.32. The third-order valence-electron chi connectivity index (χ3n) is 4.21. The molecular formula is C18H19NO2. The summed E-state index contributed by atoms with van der Waals surface area (Å²) in [6.07, 6.45) is 3.41. The number of rotatable bonds is 4. The minimum Gasteiger partial charge on any atom is -0.354 e. The maximum absolute atomic E-state index is 12.5. The highest BCUT2D eigenvalue weighted by Crippen LogP contribution is 2.37. The van der Waals surface area contributed by atoms with Crippen molar-refractivity contribution in [3.8, 4) is 0 Å². The quantitative estimate of drug-likeness (QED) is 0.850. The van der Waals surface area contributed by atoms with Gasteiger partial charge in [0.2, 0.25) is 11.6 Å². The third kappa shape index (κ3) is 2.04. The van der Waals surface area contributed by atoms with Crippen molar-refractivity contribution >= 4 is 28.0 Å². The van der Waals surface area contributed by atoms with Crippen LogP contribution in [0, 0.1) is 0 Å². The standard InChI is InChI=1S/C18H19NO2/c1-3-5-8-12-11(4-2)16-15(18(21)17(12)20)13-9-6-7-10-14(13)19-16/h6-7,9-10,19H,3-5,8H2,1-2H3. The van der Waals surface area contributed by atoms with Crippen molar-refractivity contribution in [1.29, 1.82) is 0 Å². The minimum absolute atomic E-state index is 0.308. The van der Waals surface area contributed by atoms with Crippen LogP contribution >= 0.6 is 0 Å². The van der Waals surface area contributed by atoms with Crippen molar-refractivity contribution in [2.75, 3.05) is 0 Å². The van der Waals surface area contributed by atoms with Crippen LogP contribution in [0.1, 0.15) is 55.6 Å². The molecular weight excluding hydrogens is 262 g/mol. The summed E-state index contributed by atoms with van der Waals surface area (Å²) >= 11 is 0. The average Bonchev–Trinajstić information content (AvgIpc) is 2.88. The fraction of sp³-hybridized carbons (Fsp3) is 0.333. The summed E-state index contributed by atoms with van der Waals surface area (Å²) in [5.41, 5.74) is 4.07. The highest BCUT2D eigenvalue weighted by molar-refractivity contribution is 6.54. The molecule has 1 aromatic carbocycles. The van der Waals surface area contributed by atoms with Gasteiger partial charge in [-0.2, -0.15) is 0 Å². The van der Waals surface area contributed by atoms with Gasteiger partial charge >= 0.3 is 0 Å². The van der Waals surface area contributed by atoms with Crippen molar-refractivity contribution in [3.05, 3.63) is 41.1 Å². The molecule has 21 heavy (non-hydrogen) atoms. The Balaban J connectivity index is 2.27. The van der Waals surface area contributed by atoms with E-state index in [4.69, 9.17) is 0 Å². The van der Waals surface area contributed by atoms with E-state index in [1.54, 1.807) is 0 Å². The van der Waals surface area contributed by atoms with Crippen LogP contribution in [0.3, 0.4) is 0 Å². The van der Waals surface area contributed by atoms with Gasteiger partial charge in [0.05, 0.1) is 11.3 Å². The van der Waals surface area contributed by atoms with Crippen molar-refractivity contribution < 1.29 is 9.59 Å². The van der Waals surface area contributed by atoms with Crippen LogP contribution in [-0.2, 0) is 4.79 Å². The lowest BCUT2D eigenvalue weighted by Gasteiger charge is -2.18. The van der Waals surface area contributed by atoms with Crippen molar-refractivity contribution in [2.45, 2.75) is 39.5 Å². The van der Waals surface area contributed by atoms with Crippen LogP contribution in [-0.4, -0.2) is 16.6 Å². The molecule has 2 aromatic rings. The molecule has 1 heterocycles. The zero-order chi connectivity index (χ0) is 15.0. The molecule has 108 valence electrons. The largest absolute Gasteiger partial charge is 0.354 e. The van der Waals surface area contributed by atoms with E-state index in [1.807, 2.05) is 31.2 Å². The number of aromatic amines is 1. The SMILES string of the molecule is CCCCC1=C(CC)c2[nH]c3ccccc3c2C(=O)C1=O. The summed E-state index contributed by atoms with van der Waals surface area (Å²) in [5.74, 6) is -0.664. The monoisotopic (exact) mass is 281 g/mol. The predicted octanol–water partition coefficient (Wildman–Crippen LogP) is 4.29. The number of hydrogen-bond acceptors (Lipinski definition) is 2. The number of Topliss-reactive ketones (excluding diaryl/α,β-unsaturated/α-hetero) is 2. The van der Waals surface area contributed by atoms with E-state index >= 15 is 0 Å². The van der Waals surface area contributed by atoms with E-state index in [-0.39, 0.29) is 11.6 Å². The summed E-state index contributed by atoms with van der Waals surface area (Å²) < 4.78 is 0. The molecule has 0 aliphatic heterocycles. The number of nitrogens with one attached hydrogen (secondary N) is 1. The number of fused-ring (bicyclic) bond motifs is 3. The van der Waals surface area contributed by atoms with Crippen LogP contribution in [0.15, 0.2) is 29.8 Å². The van der Waals surface area contributed by atoms with Crippen molar-refractivity contribution in [3.63, 3.8) is 0 Å². The molecule has 0 saturated heterocycles. The molecule has 0 bridgehead atoms. The minimum atomic E-state index is -0.356. The molecule has 0 amide bonds. The normalized spacial score (nSPS) is 15.0. The number of aromatic nitrogens is 1. The first-order chi connectivity index (χ1) is 10.2. The predicted molar refractivity (Wildman–Crippen MR) is 84.4 cm³/mol. The van der Waals surface area contributed by atoms with Crippen LogP contribution in [0.4, 0.5) is 0 Å². The van der Waals surface area contributed by atoms with Gasteiger partial charge in [-0.15, -0.1) is 0 Å². The highest BCUT2D eigenvalue weighted by Gasteiger charge is 2.34. The lowest BCUT2D eigenvalue weighted by atomic mass is 9.84. The molecule has 1 aromatic heterocycles. The van der Waals surface area contributed by atoms with Gasteiger partial charge in [0.1, 0.15) is 0 Å². The molecule has 1 aliphatic rings. The Hall–Kier alpha value is -2.16. The Morgan fingerprint density at radius 1 is 1.00 bits per heavy atom. The van der Waals surface area contributed by atoms with E-state index < -0.39 is 0 Å². The first-order valence-electron chi connectivity index (χ1n) is 7.61. The number of unbranched alkanes of at least 4 members (excludes halogenated alkanes) is 1. The Morgan fingerprint density at radius 2 is 1.76 bits per heavy atom. The lowest BCUT2D eigenvalue weighted by molar-refractivity contribution is -0.112. The van der Waals surface area contributed by atoms with E-state index in [0.29, 0.717) is 17.6 Å². The van der Waals surface area contributed by atoms with Gasteiger partial charge in [-0.05, 0) is 30.9 Å². The Bertz CT molecular complexity index is 765. The molecule has 0 fully saturated rings. The third-order valence-corrected chi connectivity index (χ3v) is 4.21. The molecule has 0 radical (unpaired) electrons. The molecule has 1 N–H and O–H groups in total. The molecule has 3 rings (SSSR count). The van der Waals surface area contributed by atoms with Gasteiger partial charge < -0.3 is 4.98 Å². The Kier molecular flexibility index (Phi) is 3.50. The van der Waals surface area contributed by atoms with Gasteiger partial charge in [0, 0.05) is 16.5 Å². The zero-order valence-corrected chi connectivity index (χ0v) is 12.5. The molecule has 1 aliphatic carbocycles. The maximum Gasteiger partial charge on any atom is 0.235 e. The van der Waals surface area contributed by atoms with Gasteiger partial charge in [-0.3, -0.25) is 9.59 Å². The van der Waals surface area contributed by atoms with E-state index in [0.717, 1.165) is 41.4 Å². The molecule has 0 unspecified atom stereocenters. The van der Waals surface area contributed by atoms with E-state index in [2.05, 4.69) is 11.9 Å². The van der Waals surface area contributed by atoms with Crippen LogP contribution in [0.5, 0.6) is 0 Å². The molecule has 0 spiro atoms. The molecule has 0 atom stereocenters. The second-order valence-electron chi connectivity index (χ2n) is 5.49. The number of allylic oxidation sites excluding steroid dienone is 2. The molecule has 0 saturated carbocycles. The Morgan fingerprint density at radius 3 is 2.48 bits per heavy atom. The van der Waals surface area contributed by atoms with Crippen molar-refractivity contribution in [1.82, 2.24) is 4.98 Å². The smallest absolute Gasteiger partial charge is 0.235 e. The summed E-state index contributed by atoms with van der Waals surface area (Å²) in [7, 11) is 0. The van der Waals surface area contributed by atoms with Gasteiger partial charge in [0.15, 0.2) is 0 Å². The summed E-state index contributed by atoms with van der Waals surface area (Å²) in [5, 5.41) is 0.853. The fourth-order valence-corrected chi connectivity index (χ4v) is 3.15. The number of carbonyl (C=O) groups is 2. The first kappa shape index (κ1) is 13.8. The van der Waals surface area contributed by atoms with E-state index in [9.17, 15) is 9.59 Å². The maximum atomic E-state index is 12.5. The number of hydrogen-bond donors (Lipinski definition) is 1. The summed E-state index contributed by atoms with van der Waals surface area (Å²) in [6, 6.07) is 7.69. The number of ketones is 2. The molecule has 3 heteroatoms. The number of para-hydroxylation sites is 1. The summed E-state index contributed by atoms with van der Waals surface area (Å²) in [6.45, 7) is 4.13. The number of H-pyrrole nitrogens is 1. The topological polar surface area (TPSA) is 49.9 Å². The highest BCUT2D eigenvalue weighted by atomic mass is 16.2. The van der Waals surface area contributed by atoms with Crippen molar-refractivity contribution in [2.24, 2.45) is 0 Å². The second-order valence-corrected chi connectivity index (χ2v) is 5.49. The summed E-state index contributed by atoms with van der Waals surface area (Å²) in [4.78, 5) is 28.4. The van der Waals surface area contributed by atoms with Crippen LogP contribution in [0.2, 0.25) is 0 Å². The van der Waals surface area contributed by atoms with Crippen LogP contribution in [0.25, 0.3) is 16.5 Å². The zero-order valence-electron chi connectivity index (χ0n) is 12.5. The Labute approximate surface area is 124 Å². The van der Waals surface area contributed by atoms with Gasteiger partial charge in [-0.25, -0.2) is 0 Å². The van der Waals surface area contributed by atoms with Crippen LogP contribution < -0.4 is 0 Å². The fourth-order valence-electron chi connectivity index (χ4n) is 3.15. The molecule has 3 nitrogen and oxygen atoms in total. The number of benzene rings is 1.